The molecule has 0 fully saturated rings. The second-order valence-electron chi connectivity index (χ2n) is 5.26. The van der Waals surface area contributed by atoms with E-state index in [2.05, 4.69) is 10.3 Å². The summed E-state index contributed by atoms with van der Waals surface area (Å²) in [6.07, 6.45) is -4.46. The predicted molar refractivity (Wildman–Crippen MR) is 82.6 cm³/mol. The van der Waals surface area contributed by atoms with Gasteiger partial charge in [-0.1, -0.05) is 18.2 Å². The van der Waals surface area contributed by atoms with Crippen LogP contribution in [0.25, 0.3) is 10.9 Å². The average Bonchev–Trinajstić information content (AvgIpc) is 3.01. The molecule has 0 bridgehead atoms. The first-order valence-electron chi connectivity index (χ1n) is 7.14. The van der Waals surface area contributed by atoms with Crippen molar-refractivity contribution in [3.63, 3.8) is 0 Å². The Balaban J connectivity index is 1.77. The first-order valence-corrected chi connectivity index (χ1v) is 7.14. The van der Waals surface area contributed by atoms with Crippen molar-refractivity contribution >= 4 is 22.4 Å². The van der Waals surface area contributed by atoms with Gasteiger partial charge in [0.2, 0.25) is 6.79 Å². The van der Waals surface area contributed by atoms with Crippen LogP contribution < -0.4 is 14.8 Å². The summed E-state index contributed by atoms with van der Waals surface area (Å²) in [5.74, 6) is 1.25. The van der Waals surface area contributed by atoms with Crippen molar-refractivity contribution in [2.75, 3.05) is 12.1 Å². The maximum atomic E-state index is 13.3. The van der Waals surface area contributed by atoms with Gasteiger partial charge in [-0.25, -0.2) is 4.98 Å². The fourth-order valence-electron chi connectivity index (χ4n) is 2.60. The molecular weight excluding hydrogens is 321 g/mol. The van der Waals surface area contributed by atoms with Gasteiger partial charge in [0.1, 0.15) is 5.82 Å². The minimum Gasteiger partial charge on any atom is -0.454 e. The van der Waals surface area contributed by atoms with Crippen LogP contribution in [-0.2, 0) is 6.18 Å². The monoisotopic (exact) mass is 332 g/mol. The Bertz CT molecular complexity index is 925. The molecule has 1 aromatic heterocycles. The number of anilines is 2. The molecule has 4 rings (SSSR count). The van der Waals surface area contributed by atoms with Crippen LogP contribution in [0.1, 0.15) is 5.56 Å². The molecule has 4 nitrogen and oxygen atoms in total. The van der Waals surface area contributed by atoms with Gasteiger partial charge < -0.3 is 14.8 Å². The summed E-state index contributed by atoms with van der Waals surface area (Å²) in [6.45, 7) is 0.130. The number of pyridine rings is 1. The normalized spacial score (nSPS) is 13.3. The highest BCUT2D eigenvalue weighted by Crippen LogP contribution is 2.38. The smallest absolute Gasteiger partial charge is 0.417 e. The average molecular weight is 332 g/mol. The summed E-state index contributed by atoms with van der Waals surface area (Å²) in [6, 6.07) is 12.2. The van der Waals surface area contributed by atoms with Gasteiger partial charge in [0.25, 0.3) is 0 Å². The van der Waals surface area contributed by atoms with E-state index in [0.717, 1.165) is 6.07 Å². The molecule has 7 heteroatoms. The number of rotatable bonds is 2. The quantitative estimate of drug-likeness (QED) is 0.737. The highest BCUT2D eigenvalue weighted by molar-refractivity contribution is 5.85. The Morgan fingerprint density at radius 2 is 1.75 bits per heavy atom. The van der Waals surface area contributed by atoms with Crippen molar-refractivity contribution in [3.05, 3.63) is 54.1 Å². The third-order valence-corrected chi connectivity index (χ3v) is 3.67. The van der Waals surface area contributed by atoms with Gasteiger partial charge in [0.15, 0.2) is 11.5 Å². The molecule has 0 spiro atoms. The van der Waals surface area contributed by atoms with E-state index < -0.39 is 11.7 Å². The van der Waals surface area contributed by atoms with E-state index in [1.54, 1.807) is 36.4 Å². The Morgan fingerprint density at radius 1 is 0.958 bits per heavy atom. The predicted octanol–water partition coefficient (Wildman–Crippen LogP) is 4.73. The Hall–Kier alpha value is -2.96. The third kappa shape index (κ3) is 2.58. The molecule has 0 atom stereocenters. The zero-order chi connectivity index (χ0) is 16.7. The van der Waals surface area contributed by atoms with E-state index in [-0.39, 0.29) is 23.5 Å². The number of halogens is 3. The fraction of sp³-hybridized carbons (Fsp3) is 0.118. The molecule has 0 amide bonds. The lowest BCUT2D eigenvalue weighted by atomic mass is 10.1. The molecular formula is C17H11F3N2O2. The van der Waals surface area contributed by atoms with Gasteiger partial charge >= 0.3 is 6.18 Å². The lowest BCUT2D eigenvalue weighted by molar-refractivity contribution is -0.136. The van der Waals surface area contributed by atoms with Crippen LogP contribution in [0.5, 0.6) is 11.5 Å². The third-order valence-electron chi connectivity index (χ3n) is 3.67. The fourth-order valence-corrected chi connectivity index (χ4v) is 2.60. The Kier molecular flexibility index (Phi) is 3.23. The standard InChI is InChI=1S/C17H11F3N2O2/c18-17(19,20)12-8-16(22-13-4-2-1-3-11(12)13)21-10-5-6-14-15(7-10)24-9-23-14/h1-8H,9H2,(H,21,22). The molecule has 0 saturated heterocycles. The van der Waals surface area contributed by atoms with E-state index in [1.807, 2.05) is 0 Å². The molecule has 0 aliphatic carbocycles. The molecule has 3 aromatic rings. The van der Waals surface area contributed by atoms with Crippen molar-refractivity contribution in [3.8, 4) is 11.5 Å². The van der Waals surface area contributed by atoms with Crippen molar-refractivity contribution in [1.82, 2.24) is 4.98 Å². The SMILES string of the molecule is FC(F)(F)c1cc(Nc2ccc3c(c2)OCO3)nc2ccccc12. The summed E-state index contributed by atoms with van der Waals surface area (Å²) < 4.78 is 50.4. The van der Waals surface area contributed by atoms with Gasteiger partial charge in [-0.3, -0.25) is 0 Å². The molecule has 1 N–H and O–H groups in total. The molecule has 0 saturated carbocycles. The van der Waals surface area contributed by atoms with Crippen LogP contribution in [0.15, 0.2) is 48.5 Å². The number of nitrogens with one attached hydrogen (secondary N) is 1. The van der Waals surface area contributed by atoms with Crippen molar-refractivity contribution in [2.24, 2.45) is 0 Å². The molecule has 2 heterocycles. The summed E-state index contributed by atoms with van der Waals surface area (Å²) in [5, 5.41) is 2.96. The van der Waals surface area contributed by atoms with Gasteiger partial charge in [0, 0.05) is 17.1 Å². The first-order chi connectivity index (χ1) is 11.5. The zero-order valence-electron chi connectivity index (χ0n) is 12.2. The molecule has 0 radical (unpaired) electrons. The number of para-hydroxylation sites is 1. The van der Waals surface area contributed by atoms with Crippen molar-refractivity contribution in [1.29, 1.82) is 0 Å². The van der Waals surface area contributed by atoms with Gasteiger partial charge in [-0.15, -0.1) is 0 Å². The summed E-state index contributed by atoms with van der Waals surface area (Å²) in [7, 11) is 0. The molecule has 1 aliphatic heterocycles. The first kappa shape index (κ1) is 14.6. The number of aromatic nitrogens is 1. The molecule has 122 valence electrons. The van der Waals surface area contributed by atoms with Crippen molar-refractivity contribution < 1.29 is 22.6 Å². The van der Waals surface area contributed by atoms with Crippen LogP contribution in [0, 0.1) is 0 Å². The van der Waals surface area contributed by atoms with Crippen LogP contribution in [0.2, 0.25) is 0 Å². The number of nitrogens with zero attached hydrogens (tertiary/aromatic N) is 1. The van der Waals surface area contributed by atoms with Gasteiger partial charge in [-0.2, -0.15) is 13.2 Å². The topological polar surface area (TPSA) is 43.4 Å². The van der Waals surface area contributed by atoms with Crippen LogP contribution in [-0.4, -0.2) is 11.8 Å². The Labute approximate surface area is 134 Å². The second-order valence-corrected chi connectivity index (χ2v) is 5.26. The minimum absolute atomic E-state index is 0.0706. The minimum atomic E-state index is -4.46. The molecule has 2 aromatic carbocycles. The van der Waals surface area contributed by atoms with E-state index in [1.165, 1.54) is 6.07 Å². The maximum absolute atomic E-state index is 13.3. The molecule has 1 aliphatic rings. The number of alkyl halides is 3. The number of fused-ring (bicyclic) bond motifs is 2. The molecule has 0 unspecified atom stereocenters. The van der Waals surface area contributed by atoms with E-state index >= 15 is 0 Å². The zero-order valence-corrected chi connectivity index (χ0v) is 12.2. The van der Waals surface area contributed by atoms with Crippen molar-refractivity contribution in [2.45, 2.75) is 6.18 Å². The van der Waals surface area contributed by atoms with Crippen LogP contribution in [0.3, 0.4) is 0 Å². The molecule has 24 heavy (non-hydrogen) atoms. The lowest BCUT2D eigenvalue weighted by Crippen LogP contribution is -2.08. The largest absolute Gasteiger partial charge is 0.454 e. The highest BCUT2D eigenvalue weighted by atomic mass is 19.4. The second kappa shape index (κ2) is 5.30. The summed E-state index contributed by atoms with van der Waals surface area (Å²) in [5.41, 5.74) is 0.113. The number of hydrogen-bond donors (Lipinski definition) is 1. The van der Waals surface area contributed by atoms with E-state index in [0.29, 0.717) is 17.2 Å². The summed E-state index contributed by atoms with van der Waals surface area (Å²) >= 11 is 0. The Morgan fingerprint density at radius 3 is 2.58 bits per heavy atom. The van der Waals surface area contributed by atoms with E-state index in [4.69, 9.17) is 9.47 Å². The number of ether oxygens (including phenoxy) is 2. The number of hydrogen-bond acceptors (Lipinski definition) is 4. The maximum Gasteiger partial charge on any atom is 0.417 e. The highest BCUT2D eigenvalue weighted by Gasteiger charge is 2.33. The van der Waals surface area contributed by atoms with Crippen LogP contribution in [0.4, 0.5) is 24.7 Å². The van der Waals surface area contributed by atoms with Gasteiger partial charge in [0.05, 0.1) is 11.1 Å². The van der Waals surface area contributed by atoms with Gasteiger partial charge in [-0.05, 0) is 24.3 Å². The number of benzene rings is 2. The van der Waals surface area contributed by atoms with E-state index in [9.17, 15) is 13.2 Å². The lowest BCUT2D eigenvalue weighted by Gasteiger charge is -2.13. The summed E-state index contributed by atoms with van der Waals surface area (Å²) in [4.78, 5) is 4.26. The van der Waals surface area contributed by atoms with Crippen LogP contribution >= 0.6 is 0 Å².